The first-order chi connectivity index (χ1) is 14.6. The number of carbonyl (C=O) groups is 2. The molecule has 7 nitrogen and oxygen atoms in total. The highest BCUT2D eigenvalue weighted by molar-refractivity contribution is 5.98. The molecule has 1 aromatic carbocycles. The number of aromatic nitrogens is 1. The lowest BCUT2D eigenvalue weighted by Crippen LogP contribution is -2.40. The second kappa shape index (κ2) is 9.51. The number of likely N-dealkylation sites (tertiary alicyclic amines) is 2. The van der Waals surface area contributed by atoms with Gasteiger partial charge in [-0.2, -0.15) is 0 Å². The van der Waals surface area contributed by atoms with E-state index in [4.69, 9.17) is 4.74 Å². The Morgan fingerprint density at radius 3 is 2.63 bits per heavy atom. The minimum atomic E-state index is 0.0266. The van der Waals surface area contributed by atoms with Crippen molar-refractivity contribution in [2.75, 3.05) is 46.4 Å². The standard InChI is InChI=1S/C23H32N4O3/c1-30-19-5-4-18-15-21(25-20(18)16-19)23(29)27-11-6-17(7-12-27)14-22(28)24-8-13-26-9-2-3-10-26/h4-5,15-17,25H,2-3,6-14H2,1H3,(H,24,28). The molecule has 0 unspecified atom stereocenters. The summed E-state index contributed by atoms with van der Waals surface area (Å²) in [6.45, 7) is 5.40. The van der Waals surface area contributed by atoms with Gasteiger partial charge in [0.05, 0.1) is 7.11 Å². The van der Waals surface area contributed by atoms with Gasteiger partial charge in [0.2, 0.25) is 5.91 Å². The molecule has 0 atom stereocenters. The van der Waals surface area contributed by atoms with Crippen molar-refractivity contribution >= 4 is 22.7 Å². The number of fused-ring (bicyclic) bond motifs is 1. The van der Waals surface area contributed by atoms with Gasteiger partial charge < -0.3 is 24.8 Å². The highest BCUT2D eigenvalue weighted by Gasteiger charge is 2.26. The third kappa shape index (κ3) is 4.95. The molecule has 0 spiro atoms. The van der Waals surface area contributed by atoms with Gasteiger partial charge in [-0.05, 0) is 62.9 Å². The van der Waals surface area contributed by atoms with Gasteiger partial charge in [-0.25, -0.2) is 0 Å². The van der Waals surface area contributed by atoms with Gasteiger partial charge in [-0.15, -0.1) is 0 Å². The summed E-state index contributed by atoms with van der Waals surface area (Å²) in [4.78, 5) is 32.7. The Morgan fingerprint density at radius 1 is 1.13 bits per heavy atom. The lowest BCUT2D eigenvalue weighted by molar-refractivity contribution is -0.122. The number of benzene rings is 1. The first-order valence-electron chi connectivity index (χ1n) is 11.1. The fourth-order valence-corrected chi connectivity index (χ4v) is 4.55. The molecule has 7 heteroatoms. The van der Waals surface area contributed by atoms with E-state index in [1.165, 1.54) is 12.8 Å². The largest absolute Gasteiger partial charge is 0.497 e. The summed E-state index contributed by atoms with van der Waals surface area (Å²) < 4.78 is 5.25. The molecule has 3 heterocycles. The third-order valence-electron chi connectivity index (χ3n) is 6.38. The second-order valence-electron chi connectivity index (χ2n) is 8.47. The van der Waals surface area contributed by atoms with Crippen LogP contribution in [0.5, 0.6) is 5.75 Å². The summed E-state index contributed by atoms with van der Waals surface area (Å²) in [6.07, 6.45) is 4.86. The zero-order chi connectivity index (χ0) is 20.9. The molecule has 2 aliphatic rings. The molecule has 4 rings (SSSR count). The Bertz CT molecular complexity index is 880. The summed E-state index contributed by atoms with van der Waals surface area (Å²) in [5, 5.41) is 4.06. The van der Waals surface area contributed by atoms with Crippen LogP contribution in [0.15, 0.2) is 24.3 Å². The molecule has 30 heavy (non-hydrogen) atoms. The lowest BCUT2D eigenvalue weighted by atomic mass is 9.93. The molecule has 162 valence electrons. The van der Waals surface area contributed by atoms with E-state index in [0.717, 1.165) is 55.7 Å². The molecular weight excluding hydrogens is 380 g/mol. The Labute approximate surface area is 177 Å². The first-order valence-corrected chi connectivity index (χ1v) is 11.1. The van der Waals surface area contributed by atoms with E-state index in [9.17, 15) is 9.59 Å². The molecule has 2 fully saturated rings. The van der Waals surface area contributed by atoms with Crippen LogP contribution in [0.25, 0.3) is 10.9 Å². The zero-order valence-electron chi connectivity index (χ0n) is 17.8. The molecule has 0 bridgehead atoms. The van der Waals surface area contributed by atoms with Crippen LogP contribution in [-0.4, -0.2) is 73.0 Å². The number of ether oxygens (including phenoxy) is 1. The van der Waals surface area contributed by atoms with Crippen LogP contribution in [0, 0.1) is 5.92 Å². The van der Waals surface area contributed by atoms with Crippen molar-refractivity contribution in [2.45, 2.75) is 32.1 Å². The van der Waals surface area contributed by atoms with Crippen molar-refractivity contribution in [3.8, 4) is 5.75 Å². The molecule has 0 aliphatic carbocycles. The molecule has 2 N–H and O–H groups in total. The van der Waals surface area contributed by atoms with Crippen molar-refractivity contribution in [1.29, 1.82) is 0 Å². The fourth-order valence-electron chi connectivity index (χ4n) is 4.55. The predicted molar refractivity (Wildman–Crippen MR) is 117 cm³/mol. The quantitative estimate of drug-likeness (QED) is 0.733. The van der Waals surface area contributed by atoms with Crippen molar-refractivity contribution in [3.05, 3.63) is 30.0 Å². The van der Waals surface area contributed by atoms with Crippen molar-refractivity contribution < 1.29 is 14.3 Å². The van der Waals surface area contributed by atoms with Crippen molar-refractivity contribution in [3.63, 3.8) is 0 Å². The van der Waals surface area contributed by atoms with Gasteiger partial charge in [-0.1, -0.05) is 0 Å². The number of piperidine rings is 1. The van der Waals surface area contributed by atoms with E-state index in [1.807, 2.05) is 29.2 Å². The number of aromatic amines is 1. The average Bonchev–Trinajstić information content (AvgIpc) is 3.43. The van der Waals surface area contributed by atoms with E-state index < -0.39 is 0 Å². The van der Waals surface area contributed by atoms with Crippen LogP contribution < -0.4 is 10.1 Å². The lowest BCUT2D eigenvalue weighted by Gasteiger charge is -2.31. The van der Waals surface area contributed by atoms with E-state index in [2.05, 4.69) is 15.2 Å². The van der Waals surface area contributed by atoms with Gasteiger partial charge >= 0.3 is 0 Å². The number of rotatable bonds is 7. The summed E-state index contributed by atoms with van der Waals surface area (Å²) in [5.41, 5.74) is 1.51. The average molecular weight is 413 g/mol. The normalized spacial score (nSPS) is 18.1. The summed E-state index contributed by atoms with van der Waals surface area (Å²) in [6, 6.07) is 7.65. The third-order valence-corrected chi connectivity index (χ3v) is 6.38. The van der Waals surface area contributed by atoms with Crippen LogP contribution in [-0.2, 0) is 4.79 Å². The maximum absolute atomic E-state index is 12.9. The monoisotopic (exact) mass is 412 g/mol. The minimum Gasteiger partial charge on any atom is -0.497 e. The number of hydrogen-bond acceptors (Lipinski definition) is 4. The number of hydrogen-bond donors (Lipinski definition) is 2. The van der Waals surface area contributed by atoms with E-state index in [1.54, 1.807) is 7.11 Å². The maximum Gasteiger partial charge on any atom is 0.270 e. The number of amides is 2. The highest BCUT2D eigenvalue weighted by atomic mass is 16.5. The Kier molecular flexibility index (Phi) is 6.57. The van der Waals surface area contributed by atoms with Gasteiger partial charge in [-0.3, -0.25) is 9.59 Å². The Hall–Kier alpha value is -2.54. The van der Waals surface area contributed by atoms with Crippen LogP contribution in [0.1, 0.15) is 42.6 Å². The molecule has 2 saturated heterocycles. The SMILES string of the molecule is COc1ccc2cc(C(=O)N3CCC(CC(=O)NCCN4CCCC4)CC3)[nH]c2c1. The fraction of sp³-hybridized carbons (Fsp3) is 0.565. The number of nitrogens with one attached hydrogen (secondary N) is 2. The molecule has 0 radical (unpaired) electrons. The minimum absolute atomic E-state index is 0.0266. The van der Waals surface area contributed by atoms with E-state index in [0.29, 0.717) is 31.1 Å². The molecule has 2 amide bonds. The van der Waals surface area contributed by atoms with E-state index >= 15 is 0 Å². The Balaban J connectivity index is 1.22. The summed E-state index contributed by atoms with van der Waals surface area (Å²) in [7, 11) is 1.63. The molecule has 0 saturated carbocycles. The van der Waals surface area contributed by atoms with E-state index in [-0.39, 0.29) is 11.8 Å². The van der Waals surface area contributed by atoms with Gasteiger partial charge in [0, 0.05) is 49.6 Å². The van der Waals surface area contributed by atoms with Crippen LogP contribution in [0.4, 0.5) is 0 Å². The highest BCUT2D eigenvalue weighted by Crippen LogP contribution is 2.25. The van der Waals surface area contributed by atoms with Gasteiger partial charge in [0.25, 0.3) is 5.91 Å². The summed E-state index contributed by atoms with van der Waals surface area (Å²) >= 11 is 0. The van der Waals surface area contributed by atoms with Crippen molar-refractivity contribution in [2.24, 2.45) is 5.92 Å². The topological polar surface area (TPSA) is 77.7 Å². The van der Waals surface area contributed by atoms with Crippen LogP contribution in [0.3, 0.4) is 0 Å². The predicted octanol–water partition coefficient (Wildman–Crippen LogP) is 2.63. The molecule has 2 aliphatic heterocycles. The molecule has 2 aromatic rings. The molecule has 1 aromatic heterocycles. The number of carbonyl (C=O) groups excluding carboxylic acids is 2. The molecular formula is C23H32N4O3. The Morgan fingerprint density at radius 2 is 1.90 bits per heavy atom. The smallest absolute Gasteiger partial charge is 0.270 e. The number of nitrogens with zero attached hydrogens (tertiary/aromatic N) is 2. The zero-order valence-corrected chi connectivity index (χ0v) is 17.8. The van der Waals surface area contributed by atoms with Crippen LogP contribution >= 0.6 is 0 Å². The summed E-state index contributed by atoms with van der Waals surface area (Å²) in [5.74, 6) is 1.29. The number of H-pyrrole nitrogens is 1. The van der Waals surface area contributed by atoms with Gasteiger partial charge in [0.15, 0.2) is 0 Å². The number of methoxy groups -OCH3 is 1. The van der Waals surface area contributed by atoms with Gasteiger partial charge in [0.1, 0.15) is 11.4 Å². The van der Waals surface area contributed by atoms with Crippen LogP contribution in [0.2, 0.25) is 0 Å². The maximum atomic E-state index is 12.9. The first kappa shape index (κ1) is 20.7. The second-order valence-corrected chi connectivity index (χ2v) is 8.47. The van der Waals surface area contributed by atoms with Crippen molar-refractivity contribution in [1.82, 2.24) is 20.1 Å².